The van der Waals surface area contributed by atoms with E-state index in [1.807, 2.05) is 36.4 Å². The van der Waals surface area contributed by atoms with Gasteiger partial charge in [-0.05, 0) is 54.8 Å². The first-order chi connectivity index (χ1) is 14.0. The fourth-order valence-corrected chi connectivity index (χ4v) is 4.23. The summed E-state index contributed by atoms with van der Waals surface area (Å²) in [5.74, 6) is 1.54. The summed E-state index contributed by atoms with van der Waals surface area (Å²) in [7, 11) is 0. The van der Waals surface area contributed by atoms with E-state index in [1.54, 1.807) is 11.8 Å². The number of thioether (sulfide) groups is 1. The molecule has 146 valence electrons. The minimum absolute atomic E-state index is 0.560. The summed E-state index contributed by atoms with van der Waals surface area (Å²) in [5, 5.41) is 10.9. The zero-order valence-electron chi connectivity index (χ0n) is 16.1. The molecule has 0 bridgehead atoms. The van der Waals surface area contributed by atoms with Crippen LogP contribution in [0.3, 0.4) is 0 Å². The maximum Gasteiger partial charge on any atom is 0.196 e. The Morgan fingerprint density at radius 2 is 1.62 bits per heavy atom. The lowest BCUT2D eigenvalue weighted by Crippen LogP contribution is -2.01. The zero-order valence-corrected chi connectivity index (χ0v) is 18.4. The van der Waals surface area contributed by atoms with Crippen molar-refractivity contribution in [2.75, 3.05) is 0 Å². The molecule has 4 aromatic rings. The molecule has 0 amide bonds. The van der Waals surface area contributed by atoms with Crippen molar-refractivity contribution in [3.05, 3.63) is 93.5 Å². The molecule has 0 aliphatic carbocycles. The highest BCUT2D eigenvalue weighted by atomic mass is 35.5. The molecular formula is C23H19Cl2N3S. The molecule has 3 aromatic carbocycles. The lowest BCUT2D eigenvalue weighted by atomic mass is 10.1. The molecule has 0 N–H and O–H groups in total. The first-order valence-corrected chi connectivity index (χ1v) is 10.9. The summed E-state index contributed by atoms with van der Waals surface area (Å²) in [6.45, 7) is 4.23. The normalized spacial score (nSPS) is 11.0. The van der Waals surface area contributed by atoms with E-state index in [4.69, 9.17) is 23.2 Å². The van der Waals surface area contributed by atoms with Crippen molar-refractivity contribution in [1.29, 1.82) is 0 Å². The van der Waals surface area contributed by atoms with Crippen LogP contribution in [0.5, 0.6) is 0 Å². The van der Waals surface area contributed by atoms with E-state index in [0.717, 1.165) is 27.8 Å². The molecule has 1 heterocycles. The number of aromatic nitrogens is 3. The minimum Gasteiger partial charge on any atom is -0.270 e. The molecule has 1 aromatic heterocycles. The topological polar surface area (TPSA) is 30.7 Å². The summed E-state index contributed by atoms with van der Waals surface area (Å²) in [6, 6.07) is 22.2. The van der Waals surface area contributed by atoms with Crippen molar-refractivity contribution in [3.8, 4) is 17.1 Å². The molecule has 0 aliphatic rings. The third-order valence-corrected chi connectivity index (χ3v) is 6.51. The number of rotatable bonds is 5. The van der Waals surface area contributed by atoms with E-state index in [0.29, 0.717) is 15.8 Å². The number of aryl methyl sites for hydroxylation is 2. The Morgan fingerprint density at radius 3 is 2.34 bits per heavy atom. The van der Waals surface area contributed by atoms with Crippen LogP contribution in [0.1, 0.15) is 16.7 Å². The van der Waals surface area contributed by atoms with Gasteiger partial charge in [-0.2, -0.15) is 0 Å². The van der Waals surface area contributed by atoms with Gasteiger partial charge in [-0.3, -0.25) is 4.57 Å². The summed E-state index contributed by atoms with van der Waals surface area (Å²) in [5.41, 5.74) is 5.65. The van der Waals surface area contributed by atoms with Crippen molar-refractivity contribution in [3.63, 3.8) is 0 Å². The first-order valence-electron chi connectivity index (χ1n) is 9.18. The van der Waals surface area contributed by atoms with Gasteiger partial charge < -0.3 is 0 Å². The van der Waals surface area contributed by atoms with Gasteiger partial charge in [0.15, 0.2) is 11.0 Å². The maximum atomic E-state index is 6.16. The van der Waals surface area contributed by atoms with E-state index in [-0.39, 0.29) is 0 Å². The lowest BCUT2D eigenvalue weighted by Gasteiger charge is -2.12. The van der Waals surface area contributed by atoms with Crippen LogP contribution in [-0.4, -0.2) is 14.8 Å². The highest BCUT2D eigenvalue weighted by molar-refractivity contribution is 7.98. The molecule has 0 atom stereocenters. The van der Waals surface area contributed by atoms with Crippen molar-refractivity contribution >= 4 is 35.0 Å². The summed E-state index contributed by atoms with van der Waals surface area (Å²) < 4.78 is 2.12. The van der Waals surface area contributed by atoms with Crippen LogP contribution in [0.4, 0.5) is 0 Å². The third-order valence-electron chi connectivity index (χ3n) is 4.77. The van der Waals surface area contributed by atoms with Gasteiger partial charge in [0.2, 0.25) is 0 Å². The second-order valence-electron chi connectivity index (χ2n) is 6.81. The van der Waals surface area contributed by atoms with Gasteiger partial charge >= 0.3 is 0 Å². The standard InChI is InChI=1S/C23H19Cl2N3S/c1-15-8-10-19(12-16(15)2)28-22(18-6-4-3-5-7-18)26-27-23(28)29-14-17-9-11-20(24)21(25)13-17/h3-13H,14H2,1-2H3. The molecule has 0 saturated heterocycles. The smallest absolute Gasteiger partial charge is 0.196 e. The summed E-state index contributed by atoms with van der Waals surface area (Å²) in [4.78, 5) is 0. The molecule has 0 radical (unpaired) electrons. The van der Waals surface area contributed by atoms with Gasteiger partial charge in [0, 0.05) is 11.3 Å². The molecule has 0 unspecified atom stereocenters. The molecule has 29 heavy (non-hydrogen) atoms. The minimum atomic E-state index is 0.560. The van der Waals surface area contributed by atoms with Crippen LogP contribution in [0.2, 0.25) is 10.0 Å². The fraction of sp³-hybridized carbons (Fsp3) is 0.130. The Kier molecular flexibility index (Phi) is 5.95. The average molecular weight is 440 g/mol. The van der Waals surface area contributed by atoms with Crippen molar-refractivity contribution in [1.82, 2.24) is 14.8 Å². The molecule has 0 saturated carbocycles. The fourth-order valence-electron chi connectivity index (χ4n) is 3.01. The van der Waals surface area contributed by atoms with Gasteiger partial charge in [0.05, 0.1) is 15.7 Å². The van der Waals surface area contributed by atoms with E-state index in [9.17, 15) is 0 Å². The highest BCUT2D eigenvalue weighted by Crippen LogP contribution is 2.31. The van der Waals surface area contributed by atoms with E-state index < -0.39 is 0 Å². The molecule has 6 heteroatoms. The molecule has 0 aliphatic heterocycles. The Balaban J connectivity index is 1.74. The zero-order chi connectivity index (χ0) is 20.4. The van der Waals surface area contributed by atoms with Crippen LogP contribution >= 0.6 is 35.0 Å². The van der Waals surface area contributed by atoms with Gasteiger partial charge in [0.1, 0.15) is 0 Å². The molecular weight excluding hydrogens is 421 g/mol. The summed E-state index contributed by atoms with van der Waals surface area (Å²) in [6.07, 6.45) is 0. The SMILES string of the molecule is Cc1ccc(-n2c(SCc3ccc(Cl)c(Cl)c3)nnc2-c2ccccc2)cc1C. The van der Waals surface area contributed by atoms with Crippen molar-refractivity contribution < 1.29 is 0 Å². The Hall–Kier alpha value is -2.27. The average Bonchev–Trinajstić information content (AvgIpc) is 3.15. The largest absolute Gasteiger partial charge is 0.270 e. The second-order valence-corrected chi connectivity index (χ2v) is 8.57. The number of hydrogen-bond donors (Lipinski definition) is 0. The highest BCUT2D eigenvalue weighted by Gasteiger charge is 2.17. The third kappa shape index (κ3) is 4.35. The van der Waals surface area contributed by atoms with E-state index >= 15 is 0 Å². The lowest BCUT2D eigenvalue weighted by molar-refractivity contribution is 0.884. The first kappa shape index (κ1) is 20.0. The van der Waals surface area contributed by atoms with Crippen molar-refractivity contribution in [2.24, 2.45) is 0 Å². The van der Waals surface area contributed by atoms with Crippen LogP contribution in [0.25, 0.3) is 17.1 Å². The van der Waals surface area contributed by atoms with Gasteiger partial charge in [-0.15, -0.1) is 10.2 Å². The predicted octanol–water partition coefficient (Wildman–Crippen LogP) is 7.15. The van der Waals surface area contributed by atoms with Crippen LogP contribution in [-0.2, 0) is 5.75 Å². The summed E-state index contributed by atoms with van der Waals surface area (Å²) >= 11 is 13.8. The number of hydrogen-bond acceptors (Lipinski definition) is 3. The van der Waals surface area contributed by atoms with E-state index in [2.05, 4.69) is 58.9 Å². The van der Waals surface area contributed by atoms with Crippen LogP contribution < -0.4 is 0 Å². The number of halogens is 2. The predicted molar refractivity (Wildman–Crippen MR) is 122 cm³/mol. The quantitative estimate of drug-likeness (QED) is 0.309. The molecule has 4 rings (SSSR count). The number of nitrogens with zero attached hydrogens (tertiary/aromatic N) is 3. The maximum absolute atomic E-state index is 6.16. The van der Waals surface area contributed by atoms with Gasteiger partial charge in [0.25, 0.3) is 0 Å². The van der Waals surface area contributed by atoms with Gasteiger partial charge in [-0.1, -0.05) is 77.4 Å². The van der Waals surface area contributed by atoms with Crippen LogP contribution in [0, 0.1) is 13.8 Å². The monoisotopic (exact) mass is 439 g/mol. The van der Waals surface area contributed by atoms with Crippen molar-refractivity contribution in [2.45, 2.75) is 24.8 Å². The molecule has 0 fully saturated rings. The van der Waals surface area contributed by atoms with E-state index in [1.165, 1.54) is 11.1 Å². The Labute approximate surface area is 184 Å². The second kappa shape index (κ2) is 8.62. The molecule has 0 spiro atoms. The number of benzene rings is 3. The van der Waals surface area contributed by atoms with Crippen LogP contribution in [0.15, 0.2) is 71.9 Å². The molecule has 3 nitrogen and oxygen atoms in total. The Morgan fingerprint density at radius 1 is 0.828 bits per heavy atom. The Bertz CT molecular complexity index is 1160. The van der Waals surface area contributed by atoms with Gasteiger partial charge in [-0.25, -0.2) is 0 Å².